The second-order valence-electron chi connectivity index (χ2n) is 5.82. The van der Waals surface area contributed by atoms with Crippen molar-refractivity contribution in [3.05, 3.63) is 41.5 Å². The summed E-state index contributed by atoms with van der Waals surface area (Å²) in [5.41, 5.74) is 4.06. The van der Waals surface area contributed by atoms with Crippen LogP contribution in [-0.4, -0.2) is 30.6 Å². The standard InChI is InChI=1S/C17H26N2/c1-14(2)8-11-19-12-9-16(10-13-19)18-17-7-5-4-6-15(17)3/h4-8,16,18H,9-13H2,1-3H3. The van der Waals surface area contributed by atoms with Crippen LogP contribution in [0.25, 0.3) is 0 Å². The summed E-state index contributed by atoms with van der Waals surface area (Å²) in [6, 6.07) is 9.20. The Hall–Kier alpha value is -1.28. The van der Waals surface area contributed by atoms with Crippen LogP contribution >= 0.6 is 0 Å². The van der Waals surface area contributed by atoms with E-state index in [4.69, 9.17) is 0 Å². The van der Waals surface area contributed by atoms with Crippen molar-refractivity contribution in [2.45, 2.75) is 39.7 Å². The Kier molecular flexibility index (Phi) is 5.03. The molecule has 0 spiro atoms. The lowest BCUT2D eigenvalue weighted by Crippen LogP contribution is -2.39. The minimum Gasteiger partial charge on any atom is -0.382 e. The number of hydrogen-bond donors (Lipinski definition) is 1. The molecule has 2 rings (SSSR count). The fourth-order valence-corrected chi connectivity index (χ4v) is 2.53. The van der Waals surface area contributed by atoms with Crippen LogP contribution in [0, 0.1) is 6.92 Å². The quantitative estimate of drug-likeness (QED) is 0.826. The van der Waals surface area contributed by atoms with Gasteiger partial charge in [0.2, 0.25) is 0 Å². The normalized spacial score (nSPS) is 17.2. The Morgan fingerprint density at radius 1 is 1.26 bits per heavy atom. The first-order valence-corrected chi connectivity index (χ1v) is 7.33. The summed E-state index contributed by atoms with van der Waals surface area (Å²) in [7, 11) is 0. The summed E-state index contributed by atoms with van der Waals surface area (Å²) in [4.78, 5) is 2.54. The zero-order valence-electron chi connectivity index (χ0n) is 12.4. The van der Waals surface area contributed by atoms with Gasteiger partial charge in [0, 0.05) is 31.4 Å². The van der Waals surface area contributed by atoms with Gasteiger partial charge in [-0.25, -0.2) is 0 Å². The van der Waals surface area contributed by atoms with E-state index in [0.29, 0.717) is 6.04 Å². The number of likely N-dealkylation sites (tertiary alicyclic amines) is 1. The van der Waals surface area contributed by atoms with Crippen molar-refractivity contribution in [3.8, 4) is 0 Å². The van der Waals surface area contributed by atoms with Crippen LogP contribution < -0.4 is 5.32 Å². The third kappa shape index (κ3) is 4.39. The van der Waals surface area contributed by atoms with Crippen molar-refractivity contribution in [2.75, 3.05) is 25.0 Å². The second-order valence-corrected chi connectivity index (χ2v) is 5.82. The zero-order chi connectivity index (χ0) is 13.7. The van der Waals surface area contributed by atoms with Gasteiger partial charge in [-0.1, -0.05) is 29.8 Å². The van der Waals surface area contributed by atoms with E-state index in [9.17, 15) is 0 Å². The number of para-hydroxylation sites is 1. The molecule has 1 heterocycles. The maximum atomic E-state index is 3.69. The fraction of sp³-hybridized carbons (Fsp3) is 0.529. The smallest absolute Gasteiger partial charge is 0.0372 e. The molecule has 2 nitrogen and oxygen atoms in total. The highest BCUT2D eigenvalue weighted by Crippen LogP contribution is 2.19. The van der Waals surface area contributed by atoms with Crippen molar-refractivity contribution in [1.29, 1.82) is 0 Å². The van der Waals surface area contributed by atoms with Gasteiger partial charge in [-0.05, 0) is 45.2 Å². The first-order valence-electron chi connectivity index (χ1n) is 7.33. The highest BCUT2D eigenvalue weighted by Gasteiger charge is 2.18. The number of rotatable bonds is 4. The lowest BCUT2D eigenvalue weighted by molar-refractivity contribution is 0.240. The van der Waals surface area contributed by atoms with E-state index in [1.165, 1.54) is 42.8 Å². The molecule has 0 atom stereocenters. The van der Waals surface area contributed by atoms with E-state index >= 15 is 0 Å². The minimum absolute atomic E-state index is 0.629. The van der Waals surface area contributed by atoms with Gasteiger partial charge in [0.25, 0.3) is 0 Å². The zero-order valence-corrected chi connectivity index (χ0v) is 12.4. The molecule has 1 aliphatic heterocycles. The number of piperidine rings is 1. The van der Waals surface area contributed by atoms with Crippen molar-refractivity contribution in [3.63, 3.8) is 0 Å². The molecule has 2 heteroatoms. The number of nitrogens with one attached hydrogen (secondary N) is 1. The van der Waals surface area contributed by atoms with E-state index in [-0.39, 0.29) is 0 Å². The number of anilines is 1. The fourth-order valence-electron chi connectivity index (χ4n) is 2.53. The van der Waals surface area contributed by atoms with Crippen LogP contribution in [0.4, 0.5) is 5.69 Å². The Morgan fingerprint density at radius 2 is 1.95 bits per heavy atom. The maximum absolute atomic E-state index is 3.69. The van der Waals surface area contributed by atoms with E-state index in [1.807, 2.05) is 0 Å². The molecule has 1 aliphatic rings. The second kappa shape index (κ2) is 6.76. The Labute approximate surface area is 117 Å². The predicted molar refractivity (Wildman–Crippen MR) is 83.7 cm³/mol. The summed E-state index contributed by atoms with van der Waals surface area (Å²) in [6.07, 6.45) is 4.81. The van der Waals surface area contributed by atoms with E-state index in [1.54, 1.807) is 0 Å². The molecule has 0 unspecified atom stereocenters. The molecular formula is C17H26N2. The number of allylic oxidation sites excluding steroid dienone is 1. The molecule has 1 fully saturated rings. The number of benzene rings is 1. The van der Waals surface area contributed by atoms with Crippen molar-refractivity contribution < 1.29 is 0 Å². The molecule has 1 aromatic rings. The van der Waals surface area contributed by atoms with Gasteiger partial charge in [-0.15, -0.1) is 0 Å². The SMILES string of the molecule is CC(C)=CCN1CCC(Nc2ccccc2C)CC1. The summed E-state index contributed by atoms with van der Waals surface area (Å²) < 4.78 is 0. The molecule has 0 saturated carbocycles. The third-order valence-corrected chi connectivity index (χ3v) is 3.85. The summed E-state index contributed by atoms with van der Waals surface area (Å²) in [6.45, 7) is 10.0. The Morgan fingerprint density at radius 3 is 2.58 bits per heavy atom. The summed E-state index contributed by atoms with van der Waals surface area (Å²) in [5.74, 6) is 0. The van der Waals surface area contributed by atoms with Gasteiger partial charge in [0.05, 0.1) is 0 Å². The topological polar surface area (TPSA) is 15.3 Å². The predicted octanol–water partition coefficient (Wildman–Crippen LogP) is 3.84. The van der Waals surface area contributed by atoms with Crippen molar-refractivity contribution >= 4 is 5.69 Å². The molecular weight excluding hydrogens is 232 g/mol. The van der Waals surface area contributed by atoms with Crippen molar-refractivity contribution in [1.82, 2.24) is 4.90 Å². The van der Waals surface area contributed by atoms with Gasteiger partial charge in [0.1, 0.15) is 0 Å². The minimum atomic E-state index is 0.629. The third-order valence-electron chi connectivity index (χ3n) is 3.85. The molecule has 0 aromatic heterocycles. The molecule has 1 saturated heterocycles. The van der Waals surface area contributed by atoms with Crippen LogP contribution in [0.5, 0.6) is 0 Å². The number of aryl methyl sites for hydroxylation is 1. The average molecular weight is 258 g/mol. The van der Waals surface area contributed by atoms with Gasteiger partial charge < -0.3 is 5.32 Å². The van der Waals surface area contributed by atoms with Gasteiger partial charge >= 0.3 is 0 Å². The van der Waals surface area contributed by atoms with E-state index in [2.05, 4.69) is 61.3 Å². The summed E-state index contributed by atoms with van der Waals surface area (Å²) in [5, 5.41) is 3.69. The molecule has 0 amide bonds. The van der Waals surface area contributed by atoms with E-state index < -0.39 is 0 Å². The van der Waals surface area contributed by atoms with Crippen LogP contribution in [-0.2, 0) is 0 Å². The highest BCUT2D eigenvalue weighted by atomic mass is 15.1. The number of hydrogen-bond acceptors (Lipinski definition) is 2. The average Bonchev–Trinajstić information content (AvgIpc) is 2.40. The molecule has 0 aliphatic carbocycles. The highest BCUT2D eigenvalue weighted by molar-refractivity contribution is 5.50. The lowest BCUT2D eigenvalue weighted by Gasteiger charge is -2.32. The number of nitrogens with zero attached hydrogens (tertiary/aromatic N) is 1. The van der Waals surface area contributed by atoms with Crippen LogP contribution in [0.1, 0.15) is 32.3 Å². The lowest BCUT2D eigenvalue weighted by atomic mass is 10.0. The first-order chi connectivity index (χ1) is 9.15. The van der Waals surface area contributed by atoms with Crippen LogP contribution in [0.2, 0.25) is 0 Å². The molecule has 0 radical (unpaired) electrons. The first kappa shape index (κ1) is 14.1. The maximum Gasteiger partial charge on any atom is 0.0372 e. The molecule has 0 bridgehead atoms. The Bertz CT molecular complexity index is 425. The molecule has 104 valence electrons. The van der Waals surface area contributed by atoms with E-state index in [0.717, 1.165) is 6.54 Å². The van der Waals surface area contributed by atoms with Crippen molar-refractivity contribution in [2.24, 2.45) is 0 Å². The van der Waals surface area contributed by atoms with Gasteiger partial charge in [0.15, 0.2) is 0 Å². The van der Waals surface area contributed by atoms with Gasteiger partial charge in [-0.3, -0.25) is 4.90 Å². The molecule has 19 heavy (non-hydrogen) atoms. The van der Waals surface area contributed by atoms with Crippen LogP contribution in [0.15, 0.2) is 35.9 Å². The summed E-state index contributed by atoms with van der Waals surface area (Å²) >= 11 is 0. The molecule has 1 N–H and O–H groups in total. The van der Waals surface area contributed by atoms with Crippen LogP contribution in [0.3, 0.4) is 0 Å². The largest absolute Gasteiger partial charge is 0.382 e. The molecule has 1 aromatic carbocycles. The monoisotopic (exact) mass is 258 g/mol. The Balaban J connectivity index is 1.81. The van der Waals surface area contributed by atoms with Gasteiger partial charge in [-0.2, -0.15) is 0 Å².